The van der Waals surface area contributed by atoms with Gasteiger partial charge in [0.15, 0.2) is 5.82 Å². The standard InChI is InChI=1S/C14H14ClN3O/c1-16-14-11-8-19-7-6-12(11)17-13(18-14)9-2-4-10(15)5-3-9/h2-5H,6-8H2,1H3,(H,16,17,18). The van der Waals surface area contributed by atoms with Crippen molar-refractivity contribution in [1.29, 1.82) is 0 Å². The number of nitrogens with zero attached hydrogens (tertiary/aromatic N) is 2. The second-order valence-electron chi connectivity index (χ2n) is 4.38. The van der Waals surface area contributed by atoms with Crippen LogP contribution < -0.4 is 5.32 Å². The average molecular weight is 276 g/mol. The molecular weight excluding hydrogens is 262 g/mol. The van der Waals surface area contributed by atoms with Gasteiger partial charge in [-0.25, -0.2) is 9.97 Å². The van der Waals surface area contributed by atoms with E-state index in [1.807, 2.05) is 31.3 Å². The summed E-state index contributed by atoms with van der Waals surface area (Å²) < 4.78 is 5.46. The number of rotatable bonds is 2. The van der Waals surface area contributed by atoms with Crippen molar-refractivity contribution in [3.63, 3.8) is 0 Å². The third-order valence-electron chi connectivity index (χ3n) is 3.16. The van der Waals surface area contributed by atoms with Gasteiger partial charge in [0, 0.05) is 29.6 Å². The largest absolute Gasteiger partial charge is 0.376 e. The highest BCUT2D eigenvalue weighted by molar-refractivity contribution is 6.30. The average Bonchev–Trinajstić information content (AvgIpc) is 2.47. The number of fused-ring (bicyclic) bond motifs is 1. The van der Waals surface area contributed by atoms with E-state index in [1.165, 1.54) is 0 Å². The Bertz CT molecular complexity index is 581. The minimum absolute atomic E-state index is 0.576. The summed E-state index contributed by atoms with van der Waals surface area (Å²) in [7, 11) is 1.86. The van der Waals surface area contributed by atoms with E-state index in [1.54, 1.807) is 0 Å². The molecule has 0 aliphatic carbocycles. The zero-order chi connectivity index (χ0) is 13.2. The Hall–Kier alpha value is -1.65. The molecular formula is C14H14ClN3O. The lowest BCUT2D eigenvalue weighted by molar-refractivity contribution is 0.109. The number of halogens is 1. The van der Waals surface area contributed by atoms with Gasteiger partial charge < -0.3 is 10.1 Å². The quantitative estimate of drug-likeness (QED) is 0.915. The van der Waals surface area contributed by atoms with Gasteiger partial charge in [-0.2, -0.15) is 0 Å². The Morgan fingerprint density at radius 1 is 1.21 bits per heavy atom. The van der Waals surface area contributed by atoms with Crippen molar-refractivity contribution >= 4 is 17.4 Å². The number of nitrogens with one attached hydrogen (secondary N) is 1. The topological polar surface area (TPSA) is 47.0 Å². The Morgan fingerprint density at radius 2 is 2.00 bits per heavy atom. The molecule has 0 bridgehead atoms. The maximum absolute atomic E-state index is 5.90. The van der Waals surface area contributed by atoms with Gasteiger partial charge in [-0.15, -0.1) is 0 Å². The van der Waals surface area contributed by atoms with Crippen LogP contribution in [0, 0.1) is 0 Å². The summed E-state index contributed by atoms with van der Waals surface area (Å²) in [4.78, 5) is 9.21. The van der Waals surface area contributed by atoms with E-state index in [2.05, 4.69) is 15.3 Å². The van der Waals surface area contributed by atoms with Crippen LogP contribution >= 0.6 is 11.6 Å². The Morgan fingerprint density at radius 3 is 2.74 bits per heavy atom. The highest BCUT2D eigenvalue weighted by atomic mass is 35.5. The first-order valence-corrected chi connectivity index (χ1v) is 6.57. The monoisotopic (exact) mass is 275 g/mol. The lowest BCUT2D eigenvalue weighted by atomic mass is 10.1. The van der Waals surface area contributed by atoms with Crippen molar-refractivity contribution in [2.75, 3.05) is 19.0 Å². The number of anilines is 1. The van der Waals surface area contributed by atoms with E-state index in [-0.39, 0.29) is 0 Å². The molecule has 1 aliphatic heterocycles. The van der Waals surface area contributed by atoms with Crippen molar-refractivity contribution in [2.24, 2.45) is 0 Å². The maximum atomic E-state index is 5.90. The van der Waals surface area contributed by atoms with E-state index < -0.39 is 0 Å². The summed E-state index contributed by atoms with van der Waals surface area (Å²) in [6.07, 6.45) is 0.827. The van der Waals surface area contributed by atoms with Crippen molar-refractivity contribution < 1.29 is 4.74 Å². The van der Waals surface area contributed by atoms with Crippen molar-refractivity contribution in [3.05, 3.63) is 40.5 Å². The van der Waals surface area contributed by atoms with Crippen LogP contribution in [0.25, 0.3) is 11.4 Å². The fourth-order valence-corrected chi connectivity index (χ4v) is 2.29. The molecule has 2 aromatic rings. The predicted octanol–water partition coefficient (Wildman–Crippen LogP) is 2.91. The van der Waals surface area contributed by atoms with Crippen LogP contribution in [-0.2, 0) is 17.8 Å². The number of benzene rings is 1. The predicted molar refractivity (Wildman–Crippen MR) is 75.4 cm³/mol. The van der Waals surface area contributed by atoms with Crippen molar-refractivity contribution in [3.8, 4) is 11.4 Å². The molecule has 0 radical (unpaired) electrons. The molecule has 2 heterocycles. The highest BCUT2D eigenvalue weighted by Crippen LogP contribution is 2.26. The van der Waals surface area contributed by atoms with Crippen LogP contribution in [0.3, 0.4) is 0 Å². The van der Waals surface area contributed by atoms with E-state index in [9.17, 15) is 0 Å². The third-order valence-corrected chi connectivity index (χ3v) is 3.41. The minimum Gasteiger partial charge on any atom is -0.376 e. The van der Waals surface area contributed by atoms with Gasteiger partial charge in [0.1, 0.15) is 5.82 Å². The third kappa shape index (κ3) is 2.41. The second kappa shape index (κ2) is 5.15. The number of hydrogen-bond donors (Lipinski definition) is 1. The normalized spacial score (nSPS) is 14.0. The number of ether oxygens (including phenoxy) is 1. The zero-order valence-corrected chi connectivity index (χ0v) is 11.4. The molecule has 0 atom stereocenters. The van der Waals surface area contributed by atoms with Gasteiger partial charge in [-0.1, -0.05) is 11.6 Å². The number of hydrogen-bond acceptors (Lipinski definition) is 4. The van der Waals surface area contributed by atoms with E-state index in [0.29, 0.717) is 18.2 Å². The van der Waals surface area contributed by atoms with Gasteiger partial charge in [0.25, 0.3) is 0 Å². The molecule has 0 fully saturated rings. The molecule has 1 aliphatic rings. The molecule has 1 aromatic heterocycles. The van der Waals surface area contributed by atoms with Gasteiger partial charge in [0.05, 0.1) is 18.9 Å². The Kier molecular flexibility index (Phi) is 3.36. The van der Waals surface area contributed by atoms with Crippen molar-refractivity contribution in [1.82, 2.24) is 9.97 Å². The zero-order valence-electron chi connectivity index (χ0n) is 10.6. The first-order valence-electron chi connectivity index (χ1n) is 6.19. The van der Waals surface area contributed by atoms with E-state index >= 15 is 0 Å². The van der Waals surface area contributed by atoms with Crippen molar-refractivity contribution in [2.45, 2.75) is 13.0 Å². The molecule has 0 amide bonds. The van der Waals surface area contributed by atoms with Crippen LogP contribution in [0.2, 0.25) is 5.02 Å². The van der Waals surface area contributed by atoms with Gasteiger partial charge in [0.2, 0.25) is 0 Å². The Balaban J connectivity index is 2.09. The van der Waals surface area contributed by atoms with E-state index in [4.69, 9.17) is 16.3 Å². The Labute approximate surface area is 116 Å². The minimum atomic E-state index is 0.576. The molecule has 0 unspecified atom stereocenters. The molecule has 98 valence electrons. The van der Waals surface area contributed by atoms with Crippen LogP contribution in [0.5, 0.6) is 0 Å². The lowest BCUT2D eigenvalue weighted by Gasteiger charge is -2.19. The lowest BCUT2D eigenvalue weighted by Crippen LogP contribution is -2.16. The smallest absolute Gasteiger partial charge is 0.161 e. The van der Waals surface area contributed by atoms with Gasteiger partial charge >= 0.3 is 0 Å². The summed E-state index contributed by atoms with van der Waals surface area (Å²) in [5, 5.41) is 3.83. The molecule has 0 saturated heterocycles. The van der Waals surface area contributed by atoms with Gasteiger partial charge in [-0.05, 0) is 24.3 Å². The molecule has 0 spiro atoms. The fraction of sp³-hybridized carbons (Fsp3) is 0.286. The van der Waals surface area contributed by atoms with Crippen LogP contribution in [0.1, 0.15) is 11.3 Å². The summed E-state index contributed by atoms with van der Waals surface area (Å²) in [6, 6.07) is 7.56. The summed E-state index contributed by atoms with van der Waals surface area (Å²) in [6.45, 7) is 1.29. The molecule has 5 heteroatoms. The molecule has 0 saturated carbocycles. The van der Waals surface area contributed by atoms with Crippen LogP contribution in [0.15, 0.2) is 24.3 Å². The first kappa shape index (κ1) is 12.4. The second-order valence-corrected chi connectivity index (χ2v) is 4.82. The molecule has 1 aromatic carbocycles. The number of aromatic nitrogens is 2. The summed E-state index contributed by atoms with van der Waals surface area (Å²) >= 11 is 5.90. The van der Waals surface area contributed by atoms with Crippen LogP contribution in [-0.4, -0.2) is 23.6 Å². The molecule has 4 nitrogen and oxygen atoms in total. The van der Waals surface area contributed by atoms with Crippen LogP contribution in [0.4, 0.5) is 5.82 Å². The molecule has 3 rings (SSSR count). The summed E-state index contributed by atoms with van der Waals surface area (Å²) in [5.41, 5.74) is 3.09. The first-order chi connectivity index (χ1) is 9.28. The van der Waals surface area contributed by atoms with E-state index in [0.717, 1.165) is 34.9 Å². The molecule has 1 N–H and O–H groups in total. The SMILES string of the molecule is CNc1nc(-c2ccc(Cl)cc2)nc2c1COCC2. The fourth-order valence-electron chi connectivity index (χ4n) is 2.17. The molecule has 19 heavy (non-hydrogen) atoms. The summed E-state index contributed by atoms with van der Waals surface area (Å²) in [5.74, 6) is 1.57. The van der Waals surface area contributed by atoms with Gasteiger partial charge in [-0.3, -0.25) is 0 Å². The maximum Gasteiger partial charge on any atom is 0.161 e. The highest BCUT2D eigenvalue weighted by Gasteiger charge is 2.18.